The van der Waals surface area contributed by atoms with Crippen molar-refractivity contribution in [3.8, 4) is 5.69 Å². The van der Waals surface area contributed by atoms with Crippen LogP contribution < -0.4 is 0 Å². The second kappa shape index (κ2) is 9.40. The number of hydrogen-bond acceptors (Lipinski definition) is 7. The first kappa shape index (κ1) is 24.6. The summed E-state index contributed by atoms with van der Waals surface area (Å²) in [5, 5.41) is 13.8. The van der Waals surface area contributed by atoms with Gasteiger partial charge in [0.25, 0.3) is 0 Å². The zero-order chi connectivity index (χ0) is 25.5. The minimum atomic E-state index is -3.97. The van der Waals surface area contributed by atoms with E-state index in [2.05, 4.69) is 10.1 Å². The van der Waals surface area contributed by atoms with E-state index in [0.29, 0.717) is 11.3 Å². The van der Waals surface area contributed by atoms with Crippen LogP contribution in [-0.2, 0) is 26.0 Å². The molecule has 9 nitrogen and oxygen atoms in total. The molecule has 1 aliphatic carbocycles. The number of fused-ring (bicyclic) bond motifs is 2. The Morgan fingerprint density at radius 1 is 1.19 bits per heavy atom. The van der Waals surface area contributed by atoms with Gasteiger partial charge in [0, 0.05) is 19.3 Å². The highest BCUT2D eigenvalue weighted by Gasteiger charge is 2.52. The van der Waals surface area contributed by atoms with Gasteiger partial charge in [0.05, 0.1) is 24.2 Å². The molecule has 12 heteroatoms. The highest BCUT2D eigenvalue weighted by molar-refractivity contribution is 7.89. The maximum absolute atomic E-state index is 13.4. The van der Waals surface area contributed by atoms with E-state index in [4.69, 9.17) is 16.3 Å². The molecule has 3 aromatic rings. The maximum Gasteiger partial charge on any atom is 0.318 e. The molecule has 0 unspecified atom stereocenters. The molecule has 1 N–H and O–H groups in total. The molecule has 188 valence electrons. The molecule has 0 amide bonds. The van der Waals surface area contributed by atoms with Crippen LogP contribution in [0.2, 0.25) is 5.15 Å². The molecule has 3 heterocycles. The molecule has 5 rings (SSSR count). The van der Waals surface area contributed by atoms with Crippen LogP contribution in [0.3, 0.4) is 0 Å². The lowest BCUT2D eigenvalue weighted by molar-refractivity contribution is -0.156. The number of aromatic nitrogens is 3. The summed E-state index contributed by atoms with van der Waals surface area (Å²) < 4.78 is 48.5. The van der Waals surface area contributed by atoms with Crippen LogP contribution in [0.25, 0.3) is 11.8 Å². The van der Waals surface area contributed by atoms with Gasteiger partial charge in [-0.25, -0.2) is 22.5 Å². The fraction of sp³-hybridized carbons (Fsp3) is 0.292. The second-order valence-corrected chi connectivity index (χ2v) is 11.0. The number of benzene rings is 1. The van der Waals surface area contributed by atoms with Gasteiger partial charge in [-0.2, -0.15) is 9.40 Å². The average molecular weight is 533 g/mol. The Labute approximate surface area is 211 Å². The third-order valence-corrected chi connectivity index (χ3v) is 8.56. The Morgan fingerprint density at radius 3 is 2.67 bits per heavy atom. The first-order chi connectivity index (χ1) is 17.2. The van der Waals surface area contributed by atoms with E-state index in [1.54, 1.807) is 23.0 Å². The second-order valence-electron chi connectivity index (χ2n) is 8.64. The summed E-state index contributed by atoms with van der Waals surface area (Å²) in [6.45, 7) is -0.558. The normalized spacial score (nSPS) is 19.8. The molecule has 2 aromatic heterocycles. The lowest BCUT2D eigenvalue weighted by Crippen LogP contribution is -2.53. The maximum atomic E-state index is 13.4. The summed E-state index contributed by atoms with van der Waals surface area (Å²) in [4.78, 5) is 17.2. The molecule has 0 radical (unpaired) electrons. The highest BCUT2D eigenvalue weighted by atomic mass is 35.5. The van der Waals surface area contributed by atoms with Crippen molar-refractivity contribution >= 4 is 33.7 Å². The Kier molecular flexibility index (Phi) is 6.41. The molecular formula is C24H22ClFN4O5S. The fourth-order valence-electron chi connectivity index (χ4n) is 4.72. The van der Waals surface area contributed by atoms with Crippen LogP contribution in [0.1, 0.15) is 17.7 Å². The average Bonchev–Trinajstić information content (AvgIpc) is 3.28. The van der Waals surface area contributed by atoms with Crippen LogP contribution in [0.5, 0.6) is 0 Å². The smallest absolute Gasteiger partial charge is 0.318 e. The van der Waals surface area contributed by atoms with Gasteiger partial charge in [0.2, 0.25) is 10.0 Å². The van der Waals surface area contributed by atoms with Gasteiger partial charge in [-0.05, 0) is 66.5 Å². The number of ether oxygens (including phenoxy) is 1. The molecule has 0 bridgehead atoms. The summed E-state index contributed by atoms with van der Waals surface area (Å²) in [5.74, 6) is -0.981. The third kappa shape index (κ3) is 4.21. The van der Waals surface area contributed by atoms with Gasteiger partial charge in [-0.3, -0.25) is 4.79 Å². The number of sulfonamides is 1. The van der Waals surface area contributed by atoms with Gasteiger partial charge in [0.15, 0.2) is 0 Å². The molecule has 1 aromatic carbocycles. The number of halogens is 2. The Morgan fingerprint density at radius 2 is 1.97 bits per heavy atom. The van der Waals surface area contributed by atoms with E-state index < -0.39 is 21.4 Å². The first-order valence-corrected chi connectivity index (χ1v) is 13.0. The summed E-state index contributed by atoms with van der Waals surface area (Å²) in [6.07, 6.45) is 5.07. The van der Waals surface area contributed by atoms with Crippen LogP contribution in [0.15, 0.2) is 59.3 Å². The summed E-state index contributed by atoms with van der Waals surface area (Å²) in [5.41, 5.74) is 1.53. The summed E-state index contributed by atoms with van der Waals surface area (Å²) in [6, 6.07) is 8.65. The number of rotatable bonds is 6. The predicted octanol–water partition coefficient (Wildman–Crippen LogP) is 2.62. The van der Waals surface area contributed by atoms with Crippen LogP contribution in [0.4, 0.5) is 4.39 Å². The zero-order valence-electron chi connectivity index (χ0n) is 19.0. The van der Waals surface area contributed by atoms with Crippen LogP contribution in [-0.4, -0.2) is 64.9 Å². The Hall–Kier alpha value is -3.12. The molecule has 1 aliphatic heterocycles. The van der Waals surface area contributed by atoms with Crippen molar-refractivity contribution in [2.45, 2.75) is 17.7 Å². The van der Waals surface area contributed by atoms with Crippen molar-refractivity contribution in [2.24, 2.45) is 5.41 Å². The molecular weight excluding hydrogens is 511 g/mol. The van der Waals surface area contributed by atoms with Crippen molar-refractivity contribution in [1.82, 2.24) is 19.1 Å². The molecule has 1 saturated heterocycles. The number of aliphatic hydroxyl groups is 1. The van der Waals surface area contributed by atoms with E-state index in [-0.39, 0.29) is 55.0 Å². The van der Waals surface area contributed by atoms with Gasteiger partial charge in [-0.15, -0.1) is 0 Å². The van der Waals surface area contributed by atoms with Crippen LogP contribution in [0, 0.1) is 11.2 Å². The largest absolute Gasteiger partial charge is 0.463 e. The van der Waals surface area contributed by atoms with Gasteiger partial charge >= 0.3 is 5.97 Å². The number of carbonyl (C=O) groups excluding carboxylic acids is 1. The molecule has 1 fully saturated rings. The lowest BCUT2D eigenvalue weighted by Gasteiger charge is -2.43. The number of pyridine rings is 1. The summed E-state index contributed by atoms with van der Waals surface area (Å²) in [7, 11) is -3.97. The van der Waals surface area contributed by atoms with E-state index in [1.165, 1.54) is 34.8 Å². The van der Waals surface area contributed by atoms with Gasteiger partial charge < -0.3 is 9.84 Å². The van der Waals surface area contributed by atoms with Crippen molar-refractivity contribution in [1.29, 1.82) is 0 Å². The standard InChI is InChI=1S/C24H22ClFN4O5S/c25-22-6-5-20(14-27-22)36(33,34)29-8-7-17-11-21-16(12-24(17,15-29)23(32)35-10-9-31)13-28-30(21)19-3-1-18(26)2-4-19/h1-6,11,13-14,31H,7-10,12,15H2/t24-/m0/s1. The van der Waals surface area contributed by atoms with Crippen molar-refractivity contribution in [2.75, 3.05) is 26.3 Å². The highest BCUT2D eigenvalue weighted by Crippen LogP contribution is 2.46. The fourth-order valence-corrected chi connectivity index (χ4v) is 6.28. The first-order valence-electron chi connectivity index (χ1n) is 11.2. The quantitative estimate of drug-likeness (QED) is 0.383. The number of esters is 1. The minimum Gasteiger partial charge on any atom is -0.463 e. The molecule has 0 spiro atoms. The van der Waals surface area contributed by atoms with Crippen molar-refractivity contribution in [3.63, 3.8) is 0 Å². The topological polar surface area (TPSA) is 115 Å². The van der Waals surface area contributed by atoms with E-state index in [1.807, 2.05) is 6.08 Å². The lowest BCUT2D eigenvalue weighted by atomic mass is 9.69. The number of piperidine rings is 1. The van der Waals surface area contributed by atoms with Gasteiger partial charge in [0.1, 0.15) is 27.9 Å². The van der Waals surface area contributed by atoms with Gasteiger partial charge in [-0.1, -0.05) is 11.6 Å². The zero-order valence-corrected chi connectivity index (χ0v) is 20.5. The third-order valence-electron chi connectivity index (χ3n) is 6.51. The molecule has 2 aliphatic rings. The molecule has 0 saturated carbocycles. The number of hydrogen-bond donors (Lipinski definition) is 1. The van der Waals surface area contributed by atoms with Crippen molar-refractivity contribution in [3.05, 3.63) is 76.6 Å². The van der Waals surface area contributed by atoms with E-state index in [0.717, 1.165) is 11.3 Å². The molecule has 36 heavy (non-hydrogen) atoms. The van der Waals surface area contributed by atoms with Crippen LogP contribution >= 0.6 is 11.6 Å². The predicted molar refractivity (Wildman–Crippen MR) is 128 cm³/mol. The number of nitrogens with zero attached hydrogens (tertiary/aromatic N) is 4. The number of aliphatic hydroxyl groups excluding tert-OH is 1. The van der Waals surface area contributed by atoms with E-state index in [9.17, 15) is 22.7 Å². The number of carbonyl (C=O) groups is 1. The monoisotopic (exact) mass is 532 g/mol. The SMILES string of the molecule is O=C(OCCO)[C@]12Cc3cnn(-c4ccc(F)cc4)c3C=C1CCN(S(=O)(=O)c1ccc(Cl)nc1)C2. The minimum absolute atomic E-state index is 0.0289. The Balaban J connectivity index is 1.54. The summed E-state index contributed by atoms with van der Waals surface area (Å²) >= 11 is 5.82. The van der Waals surface area contributed by atoms with Crippen molar-refractivity contribution < 1.29 is 27.4 Å². The Bertz CT molecular complexity index is 1440. The van der Waals surface area contributed by atoms with E-state index >= 15 is 0 Å². The molecule has 1 atom stereocenters.